The van der Waals surface area contributed by atoms with Gasteiger partial charge in [0.25, 0.3) is 0 Å². The Hall–Kier alpha value is -4.46. The molecule has 8 bridgehead atoms. The lowest BCUT2D eigenvalue weighted by molar-refractivity contribution is -0.137. The molecule has 0 saturated carbocycles. The molecule has 0 spiro atoms. The smallest absolute Gasteiger partial charge is 0.303 e. The van der Waals surface area contributed by atoms with Gasteiger partial charge in [0.2, 0.25) is 0 Å². The van der Waals surface area contributed by atoms with Crippen molar-refractivity contribution in [2.45, 2.75) is 33.6 Å². The molecule has 0 aromatic carbocycles. The molecule has 8 nitrogen and oxygen atoms in total. The lowest BCUT2D eigenvalue weighted by Gasteiger charge is -1.87. The number of carboxylic acid groups (broad SMARTS) is 2. The van der Waals surface area contributed by atoms with Gasteiger partial charge in [-0.2, -0.15) is 0 Å². The fourth-order valence-corrected chi connectivity index (χ4v) is 3.16. The SMILES string of the molecule is CCC(=O)O.CCC(=O)O.Cc1cc2cc3ccc(cc4nc(cc5nc(cc1[nH]2)C=C5)C=C4)[nH]3. The third-order valence-electron chi connectivity index (χ3n) is 4.98. The predicted octanol–water partition coefficient (Wildman–Crippen LogP) is 5.93. The lowest BCUT2D eigenvalue weighted by atomic mass is 10.3. The summed E-state index contributed by atoms with van der Waals surface area (Å²) in [6, 6.07) is 14.5. The van der Waals surface area contributed by atoms with Gasteiger partial charge in [-0.25, -0.2) is 9.97 Å². The highest BCUT2D eigenvalue weighted by atomic mass is 16.4. The van der Waals surface area contributed by atoms with Crippen LogP contribution < -0.4 is 0 Å². The third-order valence-corrected chi connectivity index (χ3v) is 4.98. The van der Waals surface area contributed by atoms with E-state index in [1.807, 2.05) is 36.4 Å². The molecule has 2 aliphatic rings. The van der Waals surface area contributed by atoms with Crippen molar-refractivity contribution in [2.24, 2.45) is 0 Å². The molecule has 5 heterocycles. The first-order valence-electron chi connectivity index (χ1n) is 11.2. The summed E-state index contributed by atoms with van der Waals surface area (Å²) >= 11 is 0. The number of H-pyrrole nitrogens is 2. The standard InChI is InChI=1S/C21H16N4.2C3H6O2/c1-13-8-20-11-18-5-4-16(23-18)9-14-2-3-15(22-14)10-17-6-7-19(24-17)12-21(13)25-20;2*1-2-3(4)5/h2-12,23,25H,1H3;2*2H2,1H3,(H,4,5). The number of aliphatic carboxylic acids is 2. The highest BCUT2D eigenvalue weighted by molar-refractivity contribution is 5.78. The molecule has 0 aliphatic carbocycles. The number of nitrogens with zero attached hydrogens (tertiary/aromatic N) is 2. The van der Waals surface area contributed by atoms with E-state index in [0.717, 1.165) is 44.8 Å². The van der Waals surface area contributed by atoms with Crippen LogP contribution >= 0.6 is 0 Å². The van der Waals surface area contributed by atoms with Crippen LogP contribution in [0.25, 0.3) is 46.4 Å². The van der Waals surface area contributed by atoms with Crippen molar-refractivity contribution >= 4 is 58.3 Å². The average molecular weight is 473 g/mol. The van der Waals surface area contributed by atoms with Crippen LogP contribution in [0.2, 0.25) is 0 Å². The molecule has 8 heteroatoms. The molecule has 0 amide bonds. The first-order valence-corrected chi connectivity index (χ1v) is 11.2. The van der Waals surface area contributed by atoms with E-state index in [-0.39, 0.29) is 12.8 Å². The van der Waals surface area contributed by atoms with E-state index in [2.05, 4.69) is 57.2 Å². The minimum Gasteiger partial charge on any atom is -0.481 e. The Bertz CT molecular complexity index is 1430. The van der Waals surface area contributed by atoms with Gasteiger partial charge in [0, 0.05) is 34.9 Å². The number of fused-ring (bicyclic) bond motifs is 8. The molecule has 3 aromatic rings. The summed E-state index contributed by atoms with van der Waals surface area (Å²) in [5.74, 6) is -1.49. The van der Waals surface area contributed by atoms with E-state index in [4.69, 9.17) is 10.2 Å². The van der Waals surface area contributed by atoms with Gasteiger partial charge in [0.1, 0.15) is 0 Å². The molecule has 5 rings (SSSR count). The van der Waals surface area contributed by atoms with Crippen molar-refractivity contribution in [3.05, 3.63) is 70.8 Å². The minimum atomic E-state index is -0.745. The second kappa shape index (κ2) is 11.6. The number of hydrogen-bond acceptors (Lipinski definition) is 4. The molecule has 2 aliphatic heterocycles. The maximum absolute atomic E-state index is 9.37. The fourth-order valence-electron chi connectivity index (χ4n) is 3.16. The monoisotopic (exact) mass is 472 g/mol. The van der Waals surface area contributed by atoms with Crippen molar-refractivity contribution in [1.29, 1.82) is 0 Å². The van der Waals surface area contributed by atoms with Crippen molar-refractivity contribution in [3.8, 4) is 0 Å². The summed E-state index contributed by atoms with van der Waals surface area (Å²) in [7, 11) is 0. The largest absolute Gasteiger partial charge is 0.481 e. The number of aromatic amines is 2. The number of nitrogens with one attached hydrogen (secondary N) is 2. The first-order chi connectivity index (χ1) is 16.7. The molecular formula is C27H28N4O4. The van der Waals surface area contributed by atoms with Crippen LogP contribution in [0.15, 0.2) is 42.5 Å². The number of carboxylic acids is 2. The van der Waals surface area contributed by atoms with E-state index in [1.165, 1.54) is 5.56 Å². The van der Waals surface area contributed by atoms with Gasteiger partial charge in [0.15, 0.2) is 0 Å². The van der Waals surface area contributed by atoms with Gasteiger partial charge >= 0.3 is 11.9 Å². The van der Waals surface area contributed by atoms with Crippen LogP contribution in [0.4, 0.5) is 0 Å². The number of aromatic nitrogens is 4. The van der Waals surface area contributed by atoms with E-state index < -0.39 is 11.9 Å². The molecule has 3 aromatic heterocycles. The van der Waals surface area contributed by atoms with Crippen molar-refractivity contribution in [3.63, 3.8) is 0 Å². The van der Waals surface area contributed by atoms with Crippen molar-refractivity contribution < 1.29 is 19.8 Å². The molecule has 0 fully saturated rings. The molecule has 4 N–H and O–H groups in total. The summed E-state index contributed by atoms with van der Waals surface area (Å²) in [5, 5.41) is 15.4. The highest BCUT2D eigenvalue weighted by Gasteiger charge is 2.03. The van der Waals surface area contributed by atoms with E-state index in [9.17, 15) is 9.59 Å². The molecule has 0 unspecified atom stereocenters. The Balaban J connectivity index is 0.000000293. The molecule has 0 atom stereocenters. The van der Waals surface area contributed by atoms with Gasteiger partial charge < -0.3 is 20.2 Å². The van der Waals surface area contributed by atoms with Gasteiger partial charge in [0.05, 0.1) is 22.8 Å². The number of hydrogen-bond donors (Lipinski definition) is 4. The summed E-state index contributed by atoms with van der Waals surface area (Å²) in [5.41, 5.74) is 9.14. The summed E-state index contributed by atoms with van der Waals surface area (Å²) in [4.78, 5) is 34.9. The van der Waals surface area contributed by atoms with Gasteiger partial charge in [-0.15, -0.1) is 0 Å². The molecule has 35 heavy (non-hydrogen) atoms. The zero-order valence-corrected chi connectivity index (χ0v) is 19.9. The molecule has 0 radical (unpaired) electrons. The third kappa shape index (κ3) is 7.53. The van der Waals surface area contributed by atoms with Crippen LogP contribution in [0.3, 0.4) is 0 Å². The normalized spacial score (nSPS) is 11.2. The van der Waals surface area contributed by atoms with Crippen LogP contribution in [0, 0.1) is 6.92 Å². The Morgan fingerprint density at radius 3 is 1.66 bits per heavy atom. The zero-order valence-electron chi connectivity index (χ0n) is 19.9. The van der Waals surface area contributed by atoms with Crippen molar-refractivity contribution in [2.75, 3.05) is 0 Å². The van der Waals surface area contributed by atoms with Gasteiger partial charge in [-0.3, -0.25) is 9.59 Å². The molecule has 0 saturated heterocycles. The summed E-state index contributed by atoms with van der Waals surface area (Å²) in [6.45, 7) is 5.30. The van der Waals surface area contributed by atoms with Gasteiger partial charge in [-0.1, -0.05) is 13.8 Å². The van der Waals surface area contributed by atoms with E-state index in [0.29, 0.717) is 0 Å². The Morgan fingerprint density at radius 1 is 0.686 bits per heavy atom. The van der Waals surface area contributed by atoms with E-state index in [1.54, 1.807) is 13.8 Å². The topological polar surface area (TPSA) is 132 Å². The maximum atomic E-state index is 9.37. The quantitative estimate of drug-likeness (QED) is 0.252. The average Bonchev–Trinajstić information content (AvgIpc) is 3.61. The van der Waals surface area contributed by atoms with Crippen LogP contribution in [0.1, 0.15) is 55.0 Å². The lowest BCUT2D eigenvalue weighted by Crippen LogP contribution is -1.86. The molecule has 180 valence electrons. The predicted molar refractivity (Wildman–Crippen MR) is 139 cm³/mol. The molecular weight excluding hydrogens is 444 g/mol. The highest BCUT2D eigenvalue weighted by Crippen LogP contribution is 2.18. The Kier molecular flexibility index (Phi) is 8.34. The number of aryl methyl sites for hydroxylation is 1. The zero-order chi connectivity index (χ0) is 25.4. The Labute approximate surface area is 202 Å². The van der Waals surface area contributed by atoms with Crippen LogP contribution in [-0.4, -0.2) is 42.1 Å². The fraction of sp³-hybridized carbons (Fsp3) is 0.185. The van der Waals surface area contributed by atoms with Crippen LogP contribution in [0.5, 0.6) is 0 Å². The van der Waals surface area contributed by atoms with E-state index >= 15 is 0 Å². The van der Waals surface area contributed by atoms with Crippen molar-refractivity contribution in [1.82, 2.24) is 19.9 Å². The first kappa shape index (κ1) is 25.2. The Morgan fingerprint density at radius 2 is 1.14 bits per heavy atom. The summed E-state index contributed by atoms with van der Waals surface area (Å²) < 4.78 is 0. The van der Waals surface area contributed by atoms with Gasteiger partial charge in [-0.05, 0) is 79.3 Å². The minimum absolute atomic E-state index is 0.222. The number of carbonyl (C=O) groups is 2. The summed E-state index contributed by atoms with van der Waals surface area (Å²) in [6.07, 6.45) is 8.52. The second-order valence-corrected chi connectivity index (χ2v) is 7.85. The maximum Gasteiger partial charge on any atom is 0.303 e. The van der Waals surface area contributed by atoms with Crippen LogP contribution in [-0.2, 0) is 9.59 Å². The number of rotatable bonds is 2. The second-order valence-electron chi connectivity index (χ2n) is 7.85.